The minimum atomic E-state index is -0.668. The highest BCUT2D eigenvalue weighted by Gasteiger charge is 2.22. The zero-order valence-corrected chi connectivity index (χ0v) is 17.5. The van der Waals surface area contributed by atoms with Crippen LogP contribution in [0.3, 0.4) is 0 Å². The van der Waals surface area contributed by atoms with Crippen molar-refractivity contribution in [3.8, 4) is 11.4 Å². The maximum atomic E-state index is 12.1. The summed E-state index contributed by atoms with van der Waals surface area (Å²) >= 11 is 0. The number of nitro benzene ring substituents is 1. The van der Waals surface area contributed by atoms with Gasteiger partial charge in [-0.2, -0.15) is 10.1 Å². The molecule has 0 fully saturated rings. The van der Waals surface area contributed by atoms with Crippen molar-refractivity contribution in [3.63, 3.8) is 0 Å². The van der Waals surface area contributed by atoms with Crippen LogP contribution in [0, 0.1) is 34.1 Å². The van der Waals surface area contributed by atoms with Gasteiger partial charge in [0.2, 0.25) is 11.7 Å². The van der Waals surface area contributed by atoms with E-state index in [0.717, 1.165) is 0 Å². The van der Waals surface area contributed by atoms with Gasteiger partial charge in [0.1, 0.15) is 17.9 Å². The van der Waals surface area contributed by atoms with E-state index in [9.17, 15) is 29.8 Å². The molecule has 0 radical (unpaired) electrons. The molecule has 2 amide bonds. The number of hydrogen-bond donors (Lipinski definition) is 2. The van der Waals surface area contributed by atoms with Crippen LogP contribution < -0.4 is 10.6 Å². The van der Waals surface area contributed by atoms with E-state index in [1.165, 1.54) is 42.8 Å². The fourth-order valence-corrected chi connectivity index (χ4v) is 2.92. The van der Waals surface area contributed by atoms with Crippen molar-refractivity contribution in [1.29, 1.82) is 0 Å². The largest absolute Gasteiger partial charge is 0.353 e. The highest BCUT2D eigenvalue weighted by molar-refractivity contribution is 5.89. The number of benzene rings is 1. The van der Waals surface area contributed by atoms with Crippen molar-refractivity contribution in [2.75, 3.05) is 13.1 Å². The molecule has 0 saturated carbocycles. The van der Waals surface area contributed by atoms with Gasteiger partial charge in [-0.3, -0.25) is 34.5 Å². The van der Waals surface area contributed by atoms with Gasteiger partial charge in [-0.15, -0.1) is 0 Å². The van der Waals surface area contributed by atoms with E-state index in [-0.39, 0.29) is 54.1 Å². The first-order valence-electron chi connectivity index (χ1n) is 9.49. The number of nitrogens with one attached hydrogen (secondary N) is 2. The van der Waals surface area contributed by atoms with Crippen LogP contribution in [-0.4, -0.2) is 54.7 Å². The summed E-state index contributed by atoms with van der Waals surface area (Å²) in [5.41, 5.74) is 0.674. The normalized spacial score (nSPS) is 10.6. The Hall–Kier alpha value is -4.69. The molecule has 0 spiro atoms. The summed E-state index contributed by atoms with van der Waals surface area (Å²) in [6, 6.07) is 5.41. The molecule has 33 heavy (non-hydrogen) atoms. The van der Waals surface area contributed by atoms with E-state index in [0.29, 0.717) is 5.56 Å². The van der Waals surface area contributed by atoms with E-state index in [2.05, 4.69) is 25.9 Å². The second kappa shape index (κ2) is 9.63. The third-order valence-corrected chi connectivity index (χ3v) is 4.51. The Morgan fingerprint density at radius 1 is 1.06 bits per heavy atom. The van der Waals surface area contributed by atoms with Gasteiger partial charge in [-0.25, -0.2) is 0 Å². The smallest absolute Gasteiger partial charge is 0.316 e. The molecule has 0 atom stereocenters. The molecule has 0 saturated heterocycles. The van der Waals surface area contributed by atoms with Gasteiger partial charge in [-0.05, 0) is 26.0 Å². The van der Waals surface area contributed by atoms with Crippen molar-refractivity contribution >= 4 is 23.2 Å². The minimum Gasteiger partial charge on any atom is -0.353 e. The maximum absolute atomic E-state index is 12.1. The van der Waals surface area contributed by atoms with Crippen LogP contribution in [0.4, 0.5) is 11.4 Å². The molecule has 2 aromatic heterocycles. The highest BCUT2D eigenvalue weighted by atomic mass is 16.6. The number of nitro groups is 2. The molecule has 15 heteroatoms. The summed E-state index contributed by atoms with van der Waals surface area (Å²) in [5.74, 6) is -1.34. The van der Waals surface area contributed by atoms with Crippen molar-refractivity contribution in [3.05, 3.63) is 61.8 Å². The van der Waals surface area contributed by atoms with E-state index in [1.807, 2.05) is 0 Å². The fourth-order valence-electron chi connectivity index (χ4n) is 2.92. The second-order valence-electron chi connectivity index (χ2n) is 6.77. The van der Waals surface area contributed by atoms with Crippen molar-refractivity contribution in [2.24, 2.45) is 0 Å². The van der Waals surface area contributed by atoms with Gasteiger partial charge < -0.3 is 15.2 Å². The Balaban J connectivity index is 1.47. The van der Waals surface area contributed by atoms with E-state index < -0.39 is 21.7 Å². The quantitative estimate of drug-likeness (QED) is 0.264. The number of hydrogen-bond acceptors (Lipinski definition) is 10. The Morgan fingerprint density at radius 2 is 1.73 bits per heavy atom. The van der Waals surface area contributed by atoms with Crippen LogP contribution in [0.2, 0.25) is 0 Å². The van der Waals surface area contributed by atoms with Gasteiger partial charge in [-0.1, -0.05) is 5.16 Å². The van der Waals surface area contributed by atoms with Gasteiger partial charge in [0.25, 0.3) is 5.69 Å². The van der Waals surface area contributed by atoms with Gasteiger partial charge in [0.05, 0.1) is 9.85 Å². The Kier molecular flexibility index (Phi) is 6.71. The van der Waals surface area contributed by atoms with E-state index >= 15 is 0 Å². The molecule has 2 heterocycles. The number of non-ortho nitro benzene ring substituents is 1. The van der Waals surface area contributed by atoms with Crippen LogP contribution in [-0.2, 0) is 11.3 Å². The number of aryl methyl sites for hydroxylation is 1. The fraction of sp³-hybridized carbons (Fsp3) is 0.278. The Bertz CT molecular complexity index is 1220. The average molecular weight is 458 g/mol. The molecule has 1 aromatic carbocycles. The number of amides is 2. The molecule has 3 rings (SSSR count). The van der Waals surface area contributed by atoms with Crippen LogP contribution >= 0.6 is 0 Å². The van der Waals surface area contributed by atoms with Crippen molar-refractivity contribution < 1.29 is 24.0 Å². The lowest BCUT2D eigenvalue weighted by Gasteiger charge is -2.06. The zero-order chi connectivity index (χ0) is 24.1. The van der Waals surface area contributed by atoms with Crippen LogP contribution in [0.5, 0.6) is 0 Å². The second-order valence-corrected chi connectivity index (χ2v) is 6.77. The predicted molar refractivity (Wildman–Crippen MR) is 110 cm³/mol. The number of rotatable bonds is 9. The van der Waals surface area contributed by atoms with Gasteiger partial charge in [0, 0.05) is 30.8 Å². The lowest BCUT2D eigenvalue weighted by molar-refractivity contribution is -0.386. The summed E-state index contributed by atoms with van der Waals surface area (Å²) in [4.78, 5) is 48.8. The molecular formula is C18H18N8O7. The molecule has 0 aliphatic rings. The first-order chi connectivity index (χ1) is 15.7. The minimum absolute atomic E-state index is 0.0527. The third-order valence-electron chi connectivity index (χ3n) is 4.51. The molecule has 0 aliphatic heterocycles. The highest BCUT2D eigenvalue weighted by Crippen LogP contribution is 2.21. The lowest BCUT2D eigenvalue weighted by atomic mass is 10.2. The summed E-state index contributed by atoms with van der Waals surface area (Å²) in [7, 11) is 0. The zero-order valence-electron chi connectivity index (χ0n) is 17.5. The SMILES string of the molecule is Cc1nn(CC(=O)NCCNC(=O)c2nc(-c3ccc([N+](=O)[O-])cc3)no2)c(C)c1[N+](=O)[O-]. The number of carbonyl (C=O) groups is 2. The Labute approximate surface area is 185 Å². The molecular weight excluding hydrogens is 440 g/mol. The number of carbonyl (C=O) groups excluding carboxylic acids is 2. The molecule has 3 aromatic rings. The monoisotopic (exact) mass is 458 g/mol. The van der Waals surface area contributed by atoms with Crippen molar-refractivity contribution in [2.45, 2.75) is 20.4 Å². The van der Waals surface area contributed by atoms with Gasteiger partial charge in [0.15, 0.2) is 0 Å². The molecule has 0 unspecified atom stereocenters. The number of aromatic nitrogens is 4. The molecule has 172 valence electrons. The van der Waals surface area contributed by atoms with E-state index in [4.69, 9.17) is 4.52 Å². The molecule has 0 aliphatic carbocycles. The average Bonchev–Trinajstić information content (AvgIpc) is 3.36. The molecule has 2 N–H and O–H groups in total. The summed E-state index contributed by atoms with van der Waals surface area (Å²) < 4.78 is 6.14. The summed E-state index contributed by atoms with van der Waals surface area (Å²) in [6.07, 6.45) is 0. The molecule has 15 nitrogen and oxygen atoms in total. The van der Waals surface area contributed by atoms with Crippen molar-refractivity contribution in [1.82, 2.24) is 30.6 Å². The topological polar surface area (TPSA) is 201 Å². The summed E-state index contributed by atoms with van der Waals surface area (Å²) in [5, 5.41) is 34.4. The van der Waals surface area contributed by atoms with E-state index in [1.54, 1.807) is 0 Å². The molecule has 0 bridgehead atoms. The van der Waals surface area contributed by atoms with Crippen LogP contribution in [0.25, 0.3) is 11.4 Å². The van der Waals surface area contributed by atoms with Gasteiger partial charge >= 0.3 is 17.5 Å². The summed E-state index contributed by atoms with van der Waals surface area (Å²) in [6.45, 7) is 2.91. The maximum Gasteiger partial charge on any atom is 0.316 e. The van der Waals surface area contributed by atoms with Crippen LogP contribution in [0.1, 0.15) is 22.1 Å². The Morgan fingerprint density at radius 3 is 2.33 bits per heavy atom. The third kappa shape index (κ3) is 5.33. The first-order valence-corrected chi connectivity index (χ1v) is 9.49. The van der Waals surface area contributed by atoms with Crippen LogP contribution in [0.15, 0.2) is 28.8 Å². The number of nitrogens with zero attached hydrogens (tertiary/aromatic N) is 6. The first kappa shape index (κ1) is 23.0. The lowest BCUT2D eigenvalue weighted by Crippen LogP contribution is -2.36. The predicted octanol–water partition coefficient (Wildman–Crippen LogP) is 0.913. The standard InChI is InChI=1S/C18H18N8O7/c1-10-15(26(31)32)11(2)24(22-10)9-14(27)19-7-8-20-17(28)18-21-16(23-33-18)12-3-5-13(6-4-12)25(29)30/h3-6H,7-9H2,1-2H3,(H,19,27)(H,20,28).